The molecule has 450 valence electrons. The number of nitrogens with one attached hydrogen (secondary N) is 1. The molecule has 0 spiro atoms. The Morgan fingerprint density at radius 3 is 1.21 bits per heavy atom. The van der Waals surface area contributed by atoms with Gasteiger partial charge in [-0.05, 0) is 19.3 Å². The number of carbonyl (C=O) groups excluding carboxylic acids is 1. The van der Waals surface area contributed by atoms with Crippen LogP contribution in [0.25, 0.3) is 0 Å². The SMILES string of the molecule is CCCCCCCCCCCCCCCCCCCCCCCCCCCC/C=C/C(O)C(COC1OC(CO)C(OC2OC(CO)C(O)C(O)C2O)C(O)C1O)NC(=O)CCCCCCCCCCCCCCCC. The zero-order valence-corrected chi connectivity index (χ0v) is 48.5. The molecule has 2 heterocycles. The van der Waals surface area contributed by atoms with Crippen LogP contribution < -0.4 is 5.32 Å². The van der Waals surface area contributed by atoms with Gasteiger partial charge >= 0.3 is 0 Å². The van der Waals surface area contributed by atoms with E-state index < -0.39 is 86.8 Å². The van der Waals surface area contributed by atoms with Crippen molar-refractivity contribution in [1.82, 2.24) is 5.32 Å². The van der Waals surface area contributed by atoms with E-state index >= 15 is 0 Å². The van der Waals surface area contributed by atoms with Gasteiger partial charge in [0.1, 0.15) is 48.8 Å². The molecule has 2 fully saturated rings. The zero-order valence-electron chi connectivity index (χ0n) is 48.5. The molecular weight excluding hydrogens is 967 g/mol. The second kappa shape index (κ2) is 48.4. The van der Waals surface area contributed by atoms with E-state index in [1.165, 1.54) is 218 Å². The van der Waals surface area contributed by atoms with E-state index in [2.05, 4.69) is 19.2 Å². The molecule has 2 rings (SSSR count). The standard InChI is InChI=1S/C62H119NO13/c1-3-5-7-9-11-13-15-17-19-20-21-22-23-24-25-26-27-28-29-30-31-32-33-35-37-39-41-43-45-51(66)50(63-54(67)46-44-42-40-38-36-34-18-16-14-12-10-8-6-4-2)49-73-61-59(72)57(70)60(53(48-65)75-61)76-62-58(71)56(69)55(68)52(47-64)74-62/h43,45,50-53,55-62,64-66,68-72H,3-42,44,46-49H2,1-2H3,(H,63,67)/b45-43+. The van der Waals surface area contributed by atoms with Crippen LogP contribution in [0.2, 0.25) is 0 Å². The van der Waals surface area contributed by atoms with Crippen LogP contribution in [-0.4, -0.2) is 140 Å². The lowest BCUT2D eigenvalue weighted by Gasteiger charge is -2.46. The first-order valence-electron chi connectivity index (χ1n) is 31.9. The second-order valence-corrected chi connectivity index (χ2v) is 22.9. The van der Waals surface area contributed by atoms with E-state index in [9.17, 15) is 45.6 Å². The number of ether oxygens (including phenoxy) is 4. The van der Waals surface area contributed by atoms with E-state index in [0.29, 0.717) is 6.42 Å². The van der Waals surface area contributed by atoms with Crippen LogP contribution in [0.3, 0.4) is 0 Å². The van der Waals surface area contributed by atoms with Gasteiger partial charge in [-0.25, -0.2) is 0 Å². The Bertz CT molecular complexity index is 1330. The normalized spacial score (nSPS) is 24.9. The highest BCUT2D eigenvalue weighted by molar-refractivity contribution is 5.76. The fraction of sp³-hybridized carbons (Fsp3) is 0.952. The minimum Gasteiger partial charge on any atom is -0.394 e. The monoisotopic (exact) mass is 1090 g/mol. The van der Waals surface area contributed by atoms with Crippen LogP contribution in [0, 0.1) is 0 Å². The van der Waals surface area contributed by atoms with E-state index in [0.717, 1.165) is 38.5 Å². The zero-order chi connectivity index (χ0) is 55.3. The second-order valence-electron chi connectivity index (χ2n) is 22.9. The van der Waals surface area contributed by atoms with Gasteiger partial charge in [-0.2, -0.15) is 0 Å². The molecular formula is C62H119NO13. The average molecular weight is 1090 g/mol. The number of allylic oxidation sites excluding steroid dienone is 1. The lowest BCUT2D eigenvalue weighted by molar-refractivity contribution is -0.359. The number of unbranched alkanes of at least 4 members (excludes halogenated alkanes) is 39. The van der Waals surface area contributed by atoms with Crippen molar-refractivity contribution in [3.63, 3.8) is 0 Å². The molecule has 0 bridgehead atoms. The number of carbonyl (C=O) groups is 1. The van der Waals surface area contributed by atoms with E-state index in [1.54, 1.807) is 6.08 Å². The summed E-state index contributed by atoms with van der Waals surface area (Å²) < 4.78 is 22.8. The first-order valence-corrected chi connectivity index (χ1v) is 31.9. The Labute approximate surface area is 463 Å². The molecule has 2 aliphatic heterocycles. The predicted molar refractivity (Wildman–Crippen MR) is 305 cm³/mol. The molecule has 12 unspecified atom stereocenters. The molecule has 12 atom stereocenters. The summed E-state index contributed by atoms with van der Waals surface area (Å²) in [6.45, 7) is 2.83. The maximum Gasteiger partial charge on any atom is 0.220 e. The Morgan fingerprint density at radius 1 is 0.461 bits per heavy atom. The van der Waals surface area contributed by atoms with Crippen LogP contribution in [-0.2, 0) is 23.7 Å². The first-order chi connectivity index (χ1) is 37.1. The number of hydrogen-bond acceptors (Lipinski definition) is 13. The molecule has 0 aromatic carbocycles. The highest BCUT2D eigenvalue weighted by Gasteiger charge is 2.51. The van der Waals surface area contributed by atoms with Crippen molar-refractivity contribution in [2.24, 2.45) is 0 Å². The van der Waals surface area contributed by atoms with Gasteiger partial charge in [0.2, 0.25) is 5.91 Å². The maximum atomic E-state index is 13.2. The van der Waals surface area contributed by atoms with Crippen LogP contribution in [0.5, 0.6) is 0 Å². The summed E-state index contributed by atoms with van der Waals surface area (Å²) in [5.74, 6) is -0.234. The third-order valence-electron chi connectivity index (χ3n) is 16.0. The van der Waals surface area contributed by atoms with Gasteiger partial charge in [-0.3, -0.25) is 4.79 Å². The lowest BCUT2D eigenvalue weighted by atomic mass is 9.97. The minimum absolute atomic E-state index is 0.234. The molecule has 0 aliphatic carbocycles. The van der Waals surface area contributed by atoms with Crippen molar-refractivity contribution >= 4 is 5.91 Å². The third kappa shape index (κ3) is 33.5. The molecule has 9 N–H and O–H groups in total. The number of aliphatic hydroxyl groups excluding tert-OH is 8. The predicted octanol–water partition coefficient (Wildman–Crippen LogP) is 11.5. The molecule has 2 saturated heterocycles. The topological polar surface area (TPSA) is 228 Å². The number of amides is 1. The first kappa shape index (κ1) is 70.8. The molecule has 0 aromatic heterocycles. The smallest absolute Gasteiger partial charge is 0.220 e. The molecule has 0 aromatic rings. The Kier molecular flexibility index (Phi) is 45.1. The largest absolute Gasteiger partial charge is 0.394 e. The van der Waals surface area contributed by atoms with Crippen molar-refractivity contribution in [3.8, 4) is 0 Å². The van der Waals surface area contributed by atoms with Crippen molar-refractivity contribution in [1.29, 1.82) is 0 Å². The van der Waals surface area contributed by atoms with Crippen molar-refractivity contribution < 1.29 is 64.6 Å². The summed E-state index contributed by atoms with van der Waals surface area (Å²) in [6, 6.07) is -0.909. The van der Waals surface area contributed by atoms with E-state index in [-0.39, 0.29) is 18.9 Å². The third-order valence-corrected chi connectivity index (χ3v) is 16.0. The quantitative estimate of drug-likeness (QED) is 0.0204. The van der Waals surface area contributed by atoms with Crippen molar-refractivity contribution in [2.75, 3.05) is 19.8 Å². The van der Waals surface area contributed by atoms with Gasteiger partial charge in [0.05, 0.1) is 32.0 Å². The molecule has 1 amide bonds. The van der Waals surface area contributed by atoms with Gasteiger partial charge in [0.15, 0.2) is 12.6 Å². The lowest BCUT2D eigenvalue weighted by Crippen LogP contribution is -2.65. The summed E-state index contributed by atoms with van der Waals surface area (Å²) in [7, 11) is 0. The van der Waals surface area contributed by atoms with Gasteiger partial charge in [0, 0.05) is 6.42 Å². The van der Waals surface area contributed by atoms with E-state index in [1.807, 2.05) is 6.08 Å². The highest BCUT2D eigenvalue weighted by Crippen LogP contribution is 2.30. The summed E-state index contributed by atoms with van der Waals surface area (Å²) in [5.41, 5.74) is 0. The van der Waals surface area contributed by atoms with Gasteiger partial charge in [0.25, 0.3) is 0 Å². The average Bonchev–Trinajstić information content (AvgIpc) is 3.42. The molecule has 0 radical (unpaired) electrons. The number of aliphatic hydroxyl groups is 8. The van der Waals surface area contributed by atoms with Gasteiger partial charge in [-0.1, -0.05) is 270 Å². The Hall–Kier alpha value is -1.27. The maximum absolute atomic E-state index is 13.2. The van der Waals surface area contributed by atoms with Crippen LogP contribution in [0.4, 0.5) is 0 Å². The highest BCUT2D eigenvalue weighted by atomic mass is 16.7. The van der Waals surface area contributed by atoms with Crippen molar-refractivity contribution in [2.45, 2.75) is 357 Å². The van der Waals surface area contributed by atoms with E-state index in [4.69, 9.17) is 18.9 Å². The molecule has 0 saturated carbocycles. The number of hydrogen-bond donors (Lipinski definition) is 9. The van der Waals surface area contributed by atoms with Gasteiger partial charge in [-0.15, -0.1) is 0 Å². The minimum atomic E-state index is -1.79. The summed E-state index contributed by atoms with van der Waals surface area (Å²) in [4.78, 5) is 13.2. The van der Waals surface area contributed by atoms with Crippen LogP contribution >= 0.6 is 0 Å². The fourth-order valence-corrected chi connectivity index (χ4v) is 10.8. The fourth-order valence-electron chi connectivity index (χ4n) is 10.8. The molecule has 2 aliphatic rings. The molecule has 14 heteroatoms. The summed E-state index contributed by atoms with van der Waals surface area (Å²) >= 11 is 0. The number of rotatable bonds is 52. The summed E-state index contributed by atoms with van der Waals surface area (Å²) in [5, 5.41) is 87.1. The van der Waals surface area contributed by atoms with Gasteiger partial charge < -0.3 is 65.1 Å². The molecule has 14 nitrogen and oxygen atoms in total. The summed E-state index contributed by atoms with van der Waals surface area (Å²) in [6.07, 6.45) is 39.8. The van der Waals surface area contributed by atoms with Crippen molar-refractivity contribution in [3.05, 3.63) is 12.2 Å². The van der Waals surface area contributed by atoms with Crippen LogP contribution in [0.1, 0.15) is 284 Å². The molecule has 76 heavy (non-hydrogen) atoms. The van der Waals surface area contributed by atoms with Crippen LogP contribution in [0.15, 0.2) is 12.2 Å². The Morgan fingerprint density at radius 2 is 0.816 bits per heavy atom. The Balaban J connectivity index is 1.69.